The zero-order chi connectivity index (χ0) is 20.1. The van der Waals surface area contributed by atoms with Crippen LogP contribution in [0.3, 0.4) is 0 Å². The van der Waals surface area contributed by atoms with E-state index in [2.05, 4.69) is 4.98 Å². The average molecular weight is 423 g/mol. The Morgan fingerprint density at radius 1 is 1.07 bits per heavy atom. The van der Waals surface area contributed by atoms with Crippen molar-refractivity contribution in [3.63, 3.8) is 0 Å². The van der Waals surface area contributed by atoms with E-state index in [0.717, 1.165) is 32.4 Å². The van der Waals surface area contributed by atoms with Gasteiger partial charge >= 0.3 is 0 Å². The highest BCUT2D eigenvalue weighted by Crippen LogP contribution is 2.33. The Morgan fingerprint density at radius 3 is 2.72 bits per heavy atom. The molecule has 0 aliphatic carbocycles. The van der Waals surface area contributed by atoms with Crippen LogP contribution in [0.15, 0.2) is 75.7 Å². The summed E-state index contributed by atoms with van der Waals surface area (Å²) in [6, 6.07) is 13.5. The molecular formula is C21H18N4O2S2. The van der Waals surface area contributed by atoms with E-state index in [-0.39, 0.29) is 0 Å². The summed E-state index contributed by atoms with van der Waals surface area (Å²) in [6.07, 6.45) is 5.28. The molecule has 0 unspecified atom stereocenters. The zero-order valence-corrected chi connectivity index (χ0v) is 17.5. The van der Waals surface area contributed by atoms with Crippen LogP contribution in [0.4, 0.5) is 5.69 Å². The summed E-state index contributed by atoms with van der Waals surface area (Å²) >= 11 is 3.13. The highest BCUT2D eigenvalue weighted by Gasteiger charge is 2.14. The number of methoxy groups -OCH3 is 2. The Hall–Kier alpha value is -3.23. The molecule has 0 N–H and O–H groups in total. The predicted molar refractivity (Wildman–Crippen MR) is 118 cm³/mol. The van der Waals surface area contributed by atoms with Crippen LogP contribution in [0.25, 0.3) is 11.3 Å². The fourth-order valence-electron chi connectivity index (χ4n) is 2.69. The molecule has 0 bridgehead atoms. The third kappa shape index (κ3) is 4.28. The smallest absolute Gasteiger partial charge is 0.211 e. The highest BCUT2D eigenvalue weighted by atomic mass is 32.1. The van der Waals surface area contributed by atoms with E-state index in [4.69, 9.17) is 19.6 Å². The molecular weight excluding hydrogens is 404 g/mol. The molecule has 0 spiro atoms. The molecule has 4 aromatic rings. The van der Waals surface area contributed by atoms with Crippen molar-refractivity contribution in [1.82, 2.24) is 9.66 Å². The lowest BCUT2D eigenvalue weighted by Crippen LogP contribution is -2.11. The van der Waals surface area contributed by atoms with E-state index in [9.17, 15) is 0 Å². The molecule has 0 radical (unpaired) electrons. The van der Waals surface area contributed by atoms with Crippen molar-refractivity contribution in [2.45, 2.75) is 0 Å². The Morgan fingerprint density at radius 2 is 2.00 bits per heavy atom. The summed E-state index contributed by atoms with van der Waals surface area (Å²) in [5.41, 5.74) is 2.55. The van der Waals surface area contributed by atoms with Crippen LogP contribution in [0.5, 0.6) is 11.5 Å². The number of thiophene rings is 1. The summed E-state index contributed by atoms with van der Waals surface area (Å²) in [7, 11) is 3.28. The molecule has 0 fully saturated rings. The van der Waals surface area contributed by atoms with Crippen molar-refractivity contribution in [3.8, 4) is 22.8 Å². The Labute approximate surface area is 176 Å². The molecule has 0 aliphatic rings. The van der Waals surface area contributed by atoms with Crippen molar-refractivity contribution >= 4 is 34.6 Å². The maximum Gasteiger partial charge on any atom is 0.211 e. The molecule has 0 amide bonds. The van der Waals surface area contributed by atoms with Gasteiger partial charge in [0.15, 0.2) is 0 Å². The number of ether oxygens (including phenoxy) is 2. The van der Waals surface area contributed by atoms with Crippen molar-refractivity contribution < 1.29 is 9.47 Å². The first-order valence-electron chi connectivity index (χ1n) is 8.74. The largest absolute Gasteiger partial charge is 0.497 e. The number of rotatable bonds is 6. The minimum absolute atomic E-state index is 0.704. The second kappa shape index (κ2) is 8.85. The van der Waals surface area contributed by atoms with Gasteiger partial charge in [0, 0.05) is 28.1 Å². The lowest BCUT2D eigenvalue weighted by Gasteiger charge is -2.10. The minimum atomic E-state index is 0.704. The summed E-state index contributed by atoms with van der Waals surface area (Å²) in [6.45, 7) is 0. The van der Waals surface area contributed by atoms with Crippen LogP contribution in [-0.4, -0.2) is 30.1 Å². The summed E-state index contributed by atoms with van der Waals surface area (Å²) < 4.78 is 12.7. The molecule has 4 rings (SSSR count). The van der Waals surface area contributed by atoms with Crippen LogP contribution in [0, 0.1) is 0 Å². The predicted octanol–water partition coefficient (Wildman–Crippen LogP) is 4.80. The lowest BCUT2D eigenvalue weighted by molar-refractivity contribution is 0.395. The summed E-state index contributed by atoms with van der Waals surface area (Å²) in [5.74, 6) is 1.44. The van der Waals surface area contributed by atoms with Gasteiger partial charge in [-0.2, -0.15) is 5.10 Å². The molecule has 0 atom stereocenters. The van der Waals surface area contributed by atoms with E-state index in [1.54, 1.807) is 38.0 Å². The monoisotopic (exact) mass is 422 g/mol. The molecule has 0 saturated heterocycles. The van der Waals surface area contributed by atoms with Crippen LogP contribution in [0.2, 0.25) is 0 Å². The van der Waals surface area contributed by atoms with Crippen LogP contribution in [0.1, 0.15) is 4.88 Å². The summed E-state index contributed by atoms with van der Waals surface area (Å²) in [5, 5.41) is 8.75. The first-order valence-corrected chi connectivity index (χ1v) is 10.5. The van der Waals surface area contributed by atoms with Crippen LogP contribution < -0.4 is 14.3 Å². The van der Waals surface area contributed by atoms with Crippen LogP contribution >= 0.6 is 22.7 Å². The number of pyridine rings is 1. The number of thiazole rings is 1. The normalized spacial score (nSPS) is 11.9. The SMILES string of the molecule is COc1ccc(-c2csc(=Nc3cccnc3)n2N=Cc2cccs2)c(OC)c1. The van der Waals surface area contributed by atoms with E-state index in [0.29, 0.717) is 5.75 Å². The summed E-state index contributed by atoms with van der Waals surface area (Å²) in [4.78, 5) is 10.7. The molecule has 0 saturated carbocycles. The number of nitrogens with zero attached hydrogens (tertiary/aromatic N) is 4. The van der Waals surface area contributed by atoms with E-state index in [1.165, 1.54) is 11.3 Å². The number of benzene rings is 1. The van der Waals surface area contributed by atoms with Crippen molar-refractivity contribution in [3.05, 3.63) is 75.3 Å². The van der Waals surface area contributed by atoms with Gasteiger partial charge in [0.05, 0.1) is 38.0 Å². The topological polar surface area (TPSA) is 61.0 Å². The standard InChI is InChI=1S/C21H18N4O2S2/c1-26-16-7-8-18(20(11-16)27-2)19-14-29-21(24-15-5-3-9-22-12-15)25(19)23-13-17-6-4-10-28-17/h3-14H,1-2H3. The maximum absolute atomic E-state index is 5.60. The van der Waals surface area contributed by atoms with Gasteiger partial charge in [-0.05, 0) is 35.7 Å². The zero-order valence-electron chi connectivity index (χ0n) is 15.9. The van der Waals surface area contributed by atoms with Gasteiger partial charge in [-0.1, -0.05) is 6.07 Å². The van der Waals surface area contributed by atoms with Gasteiger partial charge in [0.2, 0.25) is 4.80 Å². The Bertz CT molecular complexity index is 1180. The molecule has 3 aromatic heterocycles. The van der Waals surface area contributed by atoms with E-state index in [1.807, 2.05) is 64.1 Å². The van der Waals surface area contributed by atoms with Gasteiger partial charge in [0.25, 0.3) is 0 Å². The molecule has 29 heavy (non-hydrogen) atoms. The van der Waals surface area contributed by atoms with E-state index < -0.39 is 0 Å². The first-order chi connectivity index (χ1) is 14.3. The average Bonchev–Trinajstić information content (AvgIpc) is 3.42. The highest BCUT2D eigenvalue weighted by molar-refractivity contribution is 7.11. The molecule has 3 heterocycles. The van der Waals surface area contributed by atoms with Crippen LogP contribution in [-0.2, 0) is 0 Å². The maximum atomic E-state index is 5.60. The first kappa shape index (κ1) is 19.1. The lowest BCUT2D eigenvalue weighted by atomic mass is 10.1. The molecule has 8 heteroatoms. The number of aromatic nitrogens is 2. The van der Waals surface area contributed by atoms with Crippen molar-refractivity contribution in [1.29, 1.82) is 0 Å². The molecule has 0 aliphatic heterocycles. The van der Waals surface area contributed by atoms with Gasteiger partial charge in [-0.25, -0.2) is 9.67 Å². The van der Waals surface area contributed by atoms with Gasteiger partial charge in [-0.15, -0.1) is 22.7 Å². The van der Waals surface area contributed by atoms with E-state index >= 15 is 0 Å². The second-order valence-electron chi connectivity index (χ2n) is 5.86. The number of hydrogen-bond donors (Lipinski definition) is 0. The van der Waals surface area contributed by atoms with Crippen molar-refractivity contribution in [2.75, 3.05) is 14.2 Å². The third-order valence-corrected chi connectivity index (χ3v) is 5.71. The minimum Gasteiger partial charge on any atom is -0.497 e. The van der Waals surface area contributed by atoms with Gasteiger partial charge in [0.1, 0.15) is 11.5 Å². The van der Waals surface area contributed by atoms with Gasteiger partial charge in [-0.3, -0.25) is 4.98 Å². The Kier molecular flexibility index (Phi) is 5.83. The van der Waals surface area contributed by atoms with Gasteiger partial charge < -0.3 is 9.47 Å². The molecule has 6 nitrogen and oxygen atoms in total. The fraction of sp³-hybridized carbons (Fsp3) is 0.0952. The number of hydrogen-bond acceptors (Lipinski definition) is 7. The second-order valence-corrected chi connectivity index (χ2v) is 7.68. The van der Waals surface area contributed by atoms with Crippen molar-refractivity contribution in [2.24, 2.45) is 10.1 Å². The quantitative estimate of drug-likeness (QED) is 0.419. The fourth-order valence-corrected chi connectivity index (χ4v) is 4.12. The Balaban J connectivity index is 1.88. The molecule has 146 valence electrons. The molecule has 1 aromatic carbocycles. The third-order valence-electron chi connectivity index (χ3n) is 4.08.